The van der Waals surface area contributed by atoms with Crippen LogP contribution in [0.15, 0.2) is 36.4 Å². The van der Waals surface area contributed by atoms with Crippen LogP contribution in [0, 0.1) is 0 Å². The second-order valence-electron chi connectivity index (χ2n) is 16.2. The maximum atomic E-state index is 2.85. The van der Waals surface area contributed by atoms with E-state index in [1.165, 1.54) is 5.56 Å². The molecule has 0 heterocycles. The van der Waals surface area contributed by atoms with E-state index < -0.39 is 36.5 Å². The number of rotatable bonds is 9. The third-order valence-corrected chi connectivity index (χ3v) is 124. The molecule has 0 bridgehead atoms. The van der Waals surface area contributed by atoms with Crippen LogP contribution in [0.3, 0.4) is 0 Å². The van der Waals surface area contributed by atoms with E-state index in [1.807, 2.05) is 0 Å². The number of benzene rings is 2. The fraction of sp³-hybridized carbons (Fsp3) is 0.625. The highest BCUT2D eigenvalue weighted by molar-refractivity contribution is 8.07. The van der Waals surface area contributed by atoms with Crippen LogP contribution >= 0.6 is 0 Å². The van der Waals surface area contributed by atoms with Gasteiger partial charge in [-0.3, -0.25) is 0 Å². The smallest absolute Gasteiger partial charge is 0.0680 e. The van der Waals surface area contributed by atoms with Gasteiger partial charge >= 0.3 is 0 Å². The second kappa shape index (κ2) is 10.8. The molecule has 0 aliphatic rings. The van der Waals surface area contributed by atoms with Gasteiger partial charge in [-0.1, -0.05) is 155 Å². The Labute approximate surface area is 236 Å². The molecule has 0 radical (unpaired) electrons. The molecule has 5 heteroatoms. The molecule has 2 aromatic rings. The van der Waals surface area contributed by atoms with Crippen molar-refractivity contribution in [1.29, 1.82) is 0 Å². The van der Waals surface area contributed by atoms with E-state index in [1.54, 1.807) is 27.4 Å². The molecular weight excluding hydrogens is 525 g/mol. The molecule has 0 saturated carbocycles. The molecule has 0 aliphatic carbocycles. The Kier molecular flexibility index (Phi) is 9.58. The standard InChI is InChI=1S/C32H60Si5/c1-24(2)27-22-29(25(3)4)32(30(23-27)26(5)6)28-20-18-19-21-31(28)36(16,17)37(33(7,8)9,34(10,11)12)35(13,14)15/h18-26H,1-17H3. The van der Waals surface area contributed by atoms with Crippen LogP contribution in [0.2, 0.25) is 72.0 Å². The minimum absolute atomic E-state index is 0.511. The van der Waals surface area contributed by atoms with Crippen molar-refractivity contribution in [2.75, 3.05) is 0 Å². The fourth-order valence-corrected chi connectivity index (χ4v) is 178. The molecule has 2 aromatic carbocycles. The normalized spacial score (nSPS) is 14.3. The van der Waals surface area contributed by atoms with Gasteiger partial charge in [0, 0.05) is 28.9 Å². The topological polar surface area (TPSA) is 0 Å². The Morgan fingerprint density at radius 2 is 0.892 bits per heavy atom. The first kappa shape index (κ1) is 32.7. The van der Waals surface area contributed by atoms with Crippen LogP contribution < -0.4 is 5.19 Å². The molecule has 0 aliphatic heterocycles. The molecule has 0 atom stereocenters. The zero-order valence-electron chi connectivity index (χ0n) is 27.7. The van der Waals surface area contributed by atoms with Gasteiger partial charge in [-0.2, -0.15) is 0 Å². The lowest BCUT2D eigenvalue weighted by atomic mass is 9.82. The molecule has 0 fully saturated rings. The number of hydrogen-bond acceptors (Lipinski definition) is 0. The van der Waals surface area contributed by atoms with Crippen molar-refractivity contribution < 1.29 is 0 Å². The summed E-state index contributed by atoms with van der Waals surface area (Å²) in [5, 5.41) is 1.79. The average molecular weight is 585 g/mol. The van der Waals surface area contributed by atoms with Crippen LogP contribution in [-0.4, -0.2) is 36.5 Å². The quantitative estimate of drug-likeness (QED) is 0.257. The molecule has 2 rings (SSSR count). The lowest BCUT2D eigenvalue weighted by Crippen LogP contribution is -2.94. The van der Waals surface area contributed by atoms with Gasteiger partial charge in [-0.05, 0) is 45.6 Å². The van der Waals surface area contributed by atoms with Crippen molar-refractivity contribution in [2.24, 2.45) is 0 Å². The fourth-order valence-electron chi connectivity index (χ4n) is 9.90. The Bertz CT molecular complexity index is 1020. The van der Waals surface area contributed by atoms with Crippen molar-refractivity contribution in [3.63, 3.8) is 0 Å². The van der Waals surface area contributed by atoms with Crippen LogP contribution in [0.4, 0.5) is 0 Å². The summed E-state index contributed by atoms with van der Waals surface area (Å²) in [5.41, 5.74) is 7.80. The van der Waals surface area contributed by atoms with Crippen molar-refractivity contribution in [2.45, 2.75) is 131 Å². The van der Waals surface area contributed by atoms with Crippen LogP contribution in [0.5, 0.6) is 0 Å². The summed E-state index contributed by atoms with van der Waals surface area (Å²) in [6.07, 6.45) is -1.60. The summed E-state index contributed by atoms with van der Waals surface area (Å²) in [4.78, 5) is 0. The predicted octanol–water partition coefficient (Wildman–Crippen LogP) is 10.4. The van der Waals surface area contributed by atoms with Crippen LogP contribution in [0.1, 0.15) is 76.0 Å². The molecular formula is C32H60Si5. The van der Waals surface area contributed by atoms with Gasteiger partial charge < -0.3 is 0 Å². The largest absolute Gasteiger partial charge is 0.0720 e. The van der Waals surface area contributed by atoms with Crippen molar-refractivity contribution in [3.05, 3.63) is 53.1 Å². The van der Waals surface area contributed by atoms with E-state index in [9.17, 15) is 0 Å². The Morgan fingerprint density at radius 1 is 0.514 bits per heavy atom. The first-order valence-electron chi connectivity index (χ1n) is 14.8. The van der Waals surface area contributed by atoms with E-state index >= 15 is 0 Å². The van der Waals surface area contributed by atoms with Crippen molar-refractivity contribution in [3.8, 4) is 11.1 Å². The first-order chi connectivity index (χ1) is 16.5. The maximum Gasteiger partial charge on any atom is 0.0680 e. The molecule has 0 amide bonds. The predicted molar refractivity (Wildman–Crippen MR) is 187 cm³/mol. The maximum absolute atomic E-state index is 2.85. The van der Waals surface area contributed by atoms with Crippen molar-refractivity contribution >= 4 is 41.7 Å². The summed E-state index contributed by atoms with van der Waals surface area (Å²) in [6, 6.07) is 14.9. The highest BCUT2D eigenvalue weighted by Gasteiger charge is 2.69. The molecule has 0 unspecified atom stereocenters. The second-order valence-corrected chi connectivity index (χ2v) is 70.2. The van der Waals surface area contributed by atoms with E-state index in [2.05, 4.69) is 150 Å². The molecule has 208 valence electrons. The highest BCUT2D eigenvalue weighted by atomic mass is 30.2. The lowest BCUT2D eigenvalue weighted by molar-refractivity contribution is 0.808. The number of hydrogen-bond donors (Lipinski definition) is 0. The molecule has 0 N–H and O–H groups in total. The highest BCUT2D eigenvalue weighted by Crippen LogP contribution is 2.45. The summed E-state index contributed by atoms with van der Waals surface area (Å²) >= 11 is 0. The Morgan fingerprint density at radius 3 is 1.22 bits per heavy atom. The van der Waals surface area contributed by atoms with E-state index in [-0.39, 0.29) is 0 Å². The summed E-state index contributed by atoms with van der Waals surface area (Å²) in [7, 11) is -6.08. The van der Waals surface area contributed by atoms with E-state index in [0.29, 0.717) is 17.8 Å². The van der Waals surface area contributed by atoms with Gasteiger partial charge in [0.25, 0.3) is 0 Å². The van der Waals surface area contributed by atoms with Gasteiger partial charge in [0.05, 0.1) is 7.59 Å². The van der Waals surface area contributed by atoms with Crippen LogP contribution in [-0.2, 0) is 0 Å². The summed E-state index contributed by atoms with van der Waals surface area (Å²) in [5.74, 6) is 1.57. The first-order valence-corrected chi connectivity index (χ1v) is 34.3. The van der Waals surface area contributed by atoms with Gasteiger partial charge in [0.2, 0.25) is 0 Å². The van der Waals surface area contributed by atoms with E-state index in [0.717, 1.165) is 0 Å². The minimum atomic E-state index is -1.82. The third kappa shape index (κ3) is 5.59. The SMILES string of the molecule is CC(C)c1cc(C(C)C)c(-c2ccccc2[Si](C)(C)[Si]([Si](C)(C)C)([Si](C)(C)C)[Si](C)(C)C)c(C(C)C)c1. The zero-order chi connectivity index (χ0) is 28.9. The van der Waals surface area contributed by atoms with Gasteiger partial charge in [-0.25, -0.2) is 0 Å². The molecule has 0 aromatic heterocycles. The summed E-state index contributed by atoms with van der Waals surface area (Å²) in [6.45, 7) is 45.1. The monoisotopic (exact) mass is 584 g/mol. The molecule has 0 nitrogen and oxygen atoms in total. The Hall–Kier alpha value is -0.476. The average Bonchev–Trinajstić information content (AvgIpc) is 2.69. The minimum Gasteiger partial charge on any atom is -0.0720 e. The Balaban J connectivity index is 3.17. The third-order valence-electron chi connectivity index (χ3n) is 9.31. The van der Waals surface area contributed by atoms with Gasteiger partial charge in [-0.15, -0.1) is 0 Å². The summed E-state index contributed by atoms with van der Waals surface area (Å²) < 4.78 is 0. The molecule has 0 saturated heterocycles. The van der Waals surface area contributed by atoms with E-state index in [4.69, 9.17) is 0 Å². The van der Waals surface area contributed by atoms with Crippen LogP contribution in [0.25, 0.3) is 11.1 Å². The molecule has 0 spiro atoms. The van der Waals surface area contributed by atoms with Gasteiger partial charge in [0.15, 0.2) is 0 Å². The zero-order valence-corrected chi connectivity index (χ0v) is 32.7. The molecule has 37 heavy (non-hydrogen) atoms. The lowest BCUT2D eigenvalue weighted by Gasteiger charge is -2.64. The van der Waals surface area contributed by atoms with Gasteiger partial charge in [0.1, 0.15) is 0 Å². The van der Waals surface area contributed by atoms with Crippen molar-refractivity contribution in [1.82, 2.24) is 0 Å².